The van der Waals surface area contributed by atoms with Crippen molar-refractivity contribution in [3.8, 4) is 5.75 Å². The molecule has 0 radical (unpaired) electrons. The number of anilines is 1. The molecule has 0 aliphatic heterocycles. The van der Waals surface area contributed by atoms with Gasteiger partial charge in [0.25, 0.3) is 5.91 Å². The quantitative estimate of drug-likeness (QED) is 0.297. The molecule has 0 aromatic heterocycles. The van der Waals surface area contributed by atoms with Crippen molar-refractivity contribution in [2.24, 2.45) is 17.6 Å². The van der Waals surface area contributed by atoms with Crippen molar-refractivity contribution in [3.05, 3.63) is 45.9 Å². The Morgan fingerprint density at radius 2 is 1.77 bits per heavy atom. The SMILES string of the molecule is CON(C)c1ccc2c(c1O)C(=O)C1=C(O)[C@]3(O)C(=O)C(C(N)=O)=C(O)[C@@](C)(N(C)C)[C@@H]3C[C@@H]1C2. The van der Waals surface area contributed by atoms with Crippen molar-refractivity contribution in [1.29, 1.82) is 0 Å². The van der Waals surface area contributed by atoms with Gasteiger partial charge >= 0.3 is 0 Å². The molecule has 188 valence electrons. The minimum atomic E-state index is -2.69. The van der Waals surface area contributed by atoms with Crippen molar-refractivity contribution in [2.45, 2.75) is 30.9 Å². The van der Waals surface area contributed by atoms with Gasteiger partial charge in [-0.2, -0.15) is 0 Å². The van der Waals surface area contributed by atoms with Crippen LogP contribution in [0.15, 0.2) is 34.8 Å². The summed E-state index contributed by atoms with van der Waals surface area (Å²) >= 11 is 0. The zero-order valence-electron chi connectivity index (χ0n) is 20.1. The third-order valence-electron chi connectivity index (χ3n) is 7.99. The Bertz CT molecular complexity index is 1240. The van der Waals surface area contributed by atoms with Crippen molar-refractivity contribution >= 4 is 23.2 Å². The smallest absolute Gasteiger partial charge is 0.255 e. The van der Waals surface area contributed by atoms with Crippen molar-refractivity contribution in [2.75, 3.05) is 33.3 Å². The number of Topliss-reactive ketones (excluding diaryl/α,β-unsaturated/α-hetero) is 2. The second kappa shape index (κ2) is 7.80. The zero-order valence-corrected chi connectivity index (χ0v) is 20.1. The van der Waals surface area contributed by atoms with E-state index in [1.54, 1.807) is 26.2 Å². The maximum Gasteiger partial charge on any atom is 0.255 e. The highest BCUT2D eigenvalue weighted by Crippen LogP contribution is 2.55. The molecule has 3 aliphatic rings. The zero-order chi connectivity index (χ0) is 26.2. The second-order valence-electron chi connectivity index (χ2n) is 9.65. The van der Waals surface area contributed by atoms with Crippen LogP contribution in [0.4, 0.5) is 5.69 Å². The average Bonchev–Trinajstić information content (AvgIpc) is 2.79. The number of primary amides is 1. The first kappa shape index (κ1) is 24.7. The lowest BCUT2D eigenvalue weighted by atomic mass is 9.55. The van der Waals surface area contributed by atoms with Crippen molar-refractivity contribution in [1.82, 2.24) is 4.90 Å². The van der Waals surface area contributed by atoms with E-state index in [1.807, 2.05) is 0 Å². The van der Waals surface area contributed by atoms with Gasteiger partial charge in [0.15, 0.2) is 17.1 Å². The number of rotatable bonds is 4. The number of benzene rings is 1. The first-order valence-corrected chi connectivity index (χ1v) is 11.0. The standard InChI is InChI=1S/C24H29N3O8/c1-23(26(2)3)13-9-11-8-10-6-7-12(27(4)35-5)17(28)14(10)18(29)15(11)20(31)24(13,34)21(32)16(19(23)30)22(25)33/h6-7,11,13,28,30-31,34H,8-9H2,1-5H3,(H2,25,33)/t11-,13-,23-,24-/m0/s1. The molecule has 0 fully saturated rings. The lowest BCUT2D eigenvalue weighted by molar-refractivity contribution is -0.155. The topological polar surface area (TPSA) is 174 Å². The van der Waals surface area contributed by atoms with Gasteiger partial charge in [-0.05, 0) is 51.4 Å². The van der Waals surface area contributed by atoms with E-state index in [0.29, 0.717) is 5.56 Å². The van der Waals surface area contributed by atoms with Crippen LogP contribution in [-0.2, 0) is 20.8 Å². The second-order valence-corrected chi connectivity index (χ2v) is 9.65. The first-order chi connectivity index (χ1) is 16.2. The molecule has 4 rings (SSSR count). The molecule has 0 bridgehead atoms. The van der Waals surface area contributed by atoms with Gasteiger partial charge in [-0.15, -0.1) is 0 Å². The summed E-state index contributed by atoms with van der Waals surface area (Å²) in [7, 11) is 6.11. The number of fused-ring (bicyclic) bond motifs is 3. The Morgan fingerprint density at radius 1 is 1.14 bits per heavy atom. The summed E-state index contributed by atoms with van der Waals surface area (Å²) in [5, 5.41) is 46.1. The molecule has 6 N–H and O–H groups in total. The van der Waals surface area contributed by atoms with E-state index in [-0.39, 0.29) is 35.4 Å². The van der Waals surface area contributed by atoms with Gasteiger partial charge in [0, 0.05) is 18.5 Å². The van der Waals surface area contributed by atoms with E-state index in [1.165, 1.54) is 31.0 Å². The molecule has 0 spiro atoms. The number of hydrogen-bond acceptors (Lipinski definition) is 10. The fourth-order valence-corrected chi connectivity index (χ4v) is 5.78. The van der Waals surface area contributed by atoms with Gasteiger partial charge in [0.2, 0.25) is 5.78 Å². The van der Waals surface area contributed by atoms with Gasteiger partial charge in [-0.25, -0.2) is 0 Å². The van der Waals surface area contributed by atoms with Crippen LogP contribution < -0.4 is 10.8 Å². The van der Waals surface area contributed by atoms with E-state index < -0.39 is 57.5 Å². The van der Waals surface area contributed by atoms with Gasteiger partial charge in [0.1, 0.15) is 22.8 Å². The van der Waals surface area contributed by atoms with E-state index in [2.05, 4.69) is 0 Å². The van der Waals surface area contributed by atoms with Gasteiger partial charge < -0.3 is 26.2 Å². The maximum atomic E-state index is 13.6. The number of nitrogens with two attached hydrogens (primary N) is 1. The highest BCUT2D eigenvalue weighted by Gasteiger charge is 2.67. The first-order valence-electron chi connectivity index (χ1n) is 11.0. The van der Waals surface area contributed by atoms with Crippen LogP contribution >= 0.6 is 0 Å². The molecule has 4 atom stereocenters. The summed E-state index contributed by atoms with van der Waals surface area (Å²) in [6.07, 6.45) is 0.251. The number of phenolic OH excluding ortho intramolecular Hbond substituents is 1. The summed E-state index contributed by atoms with van der Waals surface area (Å²) in [6.45, 7) is 1.53. The van der Waals surface area contributed by atoms with Crippen LogP contribution in [0, 0.1) is 11.8 Å². The van der Waals surface area contributed by atoms with Crippen LogP contribution in [0.25, 0.3) is 0 Å². The molecule has 0 saturated carbocycles. The normalized spacial score (nSPS) is 30.3. The number of aromatic hydroxyl groups is 1. The summed E-state index contributed by atoms with van der Waals surface area (Å²) in [4.78, 5) is 45.8. The number of nitrogens with zero attached hydrogens (tertiary/aromatic N) is 2. The largest absolute Gasteiger partial charge is 0.509 e. The fraction of sp³-hybridized carbons (Fsp3) is 0.458. The number of phenols is 1. The lowest BCUT2D eigenvalue weighted by Crippen LogP contribution is -2.68. The van der Waals surface area contributed by atoms with Crippen molar-refractivity contribution in [3.63, 3.8) is 0 Å². The predicted octanol–water partition coefficient (Wildman–Crippen LogP) is 0.508. The predicted molar refractivity (Wildman–Crippen MR) is 124 cm³/mol. The Kier molecular flexibility index (Phi) is 5.51. The number of aliphatic hydroxyl groups excluding tert-OH is 2. The number of ketones is 2. The lowest BCUT2D eigenvalue weighted by Gasteiger charge is -2.55. The molecule has 0 unspecified atom stereocenters. The Balaban J connectivity index is 1.98. The summed E-state index contributed by atoms with van der Waals surface area (Å²) in [5.74, 6) is -6.89. The summed E-state index contributed by atoms with van der Waals surface area (Å²) < 4.78 is 0. The molecular weight excluding hydrogens is 458 g/mol. The van der Waals surface area contributed by atoms with Gasteiger partial charge in [-0.1, -0.05) is 6.07 Å². The van der Waals surface area contributed by atoms with E-state index in [9.17, 15) is 34.8 Å². The number of hydroxylamine groups is 1. The van der Waals surface area contributed by atoms with Crippen LogP contribution in [0.1, 0.15) is 29.3 Å². The number of hydrogen-bond donors (Lipinski definition) is 5. The maximum absolute atomic E-state index is 13.6. The van der Waals surface area contributed by atoms with Crippen LogP contribution in [-0.4, -0.2) is 82.2 Å². The minimum absolute atomic E-state index is 0.0259. The third kappa shape index (κ3) is 2.98. The van der Waals surface area contributed by atoms with E-state index in [4.69, 9.17) is 10.6 Å². The monoisotopic (exact) mass is 487 g/mol. The number of allylic oxidation sites excluding steroid dienone is 1. The van der Waals surface area contributed by atoms with E-state index in [0.717, 1.165) is 0 Å². The molecule has 0 saturated heterocycles. The number of likely N-dealkylation sites (N-methyl/N-ethyl adjacent to an activating group) is 1. The molecule has 35 heavy (non-hydrogen) atoms. The molecule has 1 amide bonds. The molecule has 11 nitrogen and oxygen atoms in total. The van der Waals surface area contributed by atoms with Gasteiger partial charge in [0.05, 0.1) is 18.2 Å². The molecule has 11 heteroatoms. The fourth-order valence-electron chi connectivity index (χ4n) is 5.78. The number of amides is 1. The Hall–Kier alpha value is -3.41. The van der Waals surface area contributed by atoms with Gasteiger partial charge in [-0.3, -0.25) is 29.2 Å². The molecule has 3 aliphatic carbocycles. The highest BCUT2D eigenvalue weighted by atomic mass is 16.7. The molecule has 1 aromatic rings. The van der Waals surface area contributed by atoms with E-state index >= 15 is 0 Å². The number of aliphatic hydroxyl groups is 3. The van der Waals surface area contributed by atoms with Crippen LogP contribution in [0.2, 0.25) is 0 Å². The van der Waals surface area contributed by atoms with Crippen LogP contribution in [0.3, 0.4) is 0 Å². The van der Waals surface area contributed by atoms with Crippen molar-refractivity contribution < 1.29 is 39.6 Å². The Labute approximate surface area is 201 Å². The number of carbonyl (C=O) groups is 3. The minimum Gasteiger partial charge on any atom is -0.509 e. The summed E-state index contributed by atoms with van der Waals surface area (Å²) in [5.41, 5.74) is 0.832. The molecule has 1 aromatic carbocycles. The Morgan fingerprint density at radius 3 is 2.31 bits per heavy atom. The summed E-state index contributed by atoms with van der Waals surface area (Å²) in [6, 6.07) is 3.27. The molecule has 0 heterocycles. The average molecular weight is 488 g/mol. The number of carbonyl (C=O) groups excluding carboxylic acids is 3. The third-order valence-corrected chi connectivity index (χ3v) is 7.99. The molecular formula is C24H29N3O8. The van der Waals surface area contributed by atoms with Crippen LogP contribution in [0.5, 0.6) is 5.75 Å². The highest BCUT2D eigenvalue weighted by molar-refractivity contribution is 6.25.